The van der Waals surface area contributed by atoms with E-state index in [1.54, 1.807) is 0 Å². The Morgan fingerprint density at radius 3 is 1.70 bits per heavy atom. The second kappa shape index (κ2) is 13.6. The van der Waals surface area contributed by atoms with Crippen molar-refractivity contribution in [1.82, 2.24) is 0 Å². The molecule has 0 heterocycles. The molecule has 0 N–H and O–H groups in total. The number of hydrogen-bond acceptors (Lipinski definition) is 3. The maximum atomic E-state index is 6.27. The highest BCUT2D eigenvalue weighted by molar-refractivity contribution is 6.76. The largest absolute Gasteiger partial charge is 0.417 e. The predicted octanol–water partition coefficient (Wildman–Crippen LogP) is 5.90. The number of rotatable bonds is 16. The molecule has 0 atom stereocenters. The fourth-order valence-corrected chi connectivity index (χ4v) is 6.01. The van der Waals surface area contributed by atoms with Gasteiger partial charge in [0.05, 0.1) is 0 Å². The topological polar surface area (TPSA) is 27.7 Å². The molecule has 0 aromatic carbocycles. The normalized spacial score (nSPS) is 12.8. The van der Waals surface area contributed by atoms with Gasteiger partial charge in [0.2, 0.25) is 0 Å². The van der Waals surface area contributed by atoms with Crippen molar-refractivity contribution < 1.29 is 13.9 Å². The van der Waals surface area contributed by atoms with Crippen molar-refractivity contribution in [1.29, 1.82) is 0 Å². The van der Waals surface area contributed by atoms with Crippen molar-refractivity contribution in [3.05, 3.63) is 0 Å². The molecule has 0 spiro atoms. The summed E-state index contributed by atoms with van der Waals surface area (Å²) in [4.78, 5) is 0. The molecule has 0 unspecified atom stereocenters. The molecule has 140 valence electrons. The van der Waals surface area contributed by atoms with E-state index in [2.05, 4.69) is 40.4 Å². The number of unbranched alkanes of at least 4 members (excludes halogenated alkanes) is 3. The van der Waals surface area contributed by atoms with E-state index in [0.717, 1.165) is 26.2 Å². The van der Waals surface area contributed by atoms with E-state index in [9.17, 15) is 0 Å². The van der Waals surface area contributed by atoms with Gasteiger partial charge in [0.15, 0.2) is 8.32 Å². The lowest BCUT2D eigenvalue weighted by molar-refractivity contribution is -0.0504. The molecule has 0 radical (unpaired) electrons. The van der Waals surface area contributed by atoms with Crippen LogP contribution in [0.1, 0.15) is 46.5 Å². The number of ether oxygens (including phenoxy) is 2. The lowest BCUT2D eigenvalue weighted by atomic mass is 10.2. The van der Waals surface area contributed by atoms with E-state index in [-0.39, 0.29) is 0 Å². The summed E-state index contributed by atoms with van der Waals surface area (Å²) in [5.41, 5.74) is 0. The second-order valence-electron chi connectivity index (χ2n) is 7.75. The average molecular weight is 363 g/mol. The maximum absolute atomic E-state index is 6.27. The summed E-state index contributed by atoms with van der Waals surface area (Å²) in [6, 6.07) is 4.98. The summed E-state index contributed by atoms with van der Waals surface area (Å²) in [5.74, 6) is 0. The van der Waals surface area contributed by atoms with Gasteiger partial charge >= 0.3 is 0 Å². The Hall–Kier alpha value is 0.314. The first-order chi connectivity index (χ1) is 10.9. The molecular weight excluding hydrogens is 320 g/mol. The van der Waals surface area contributed by atoms with E-state index in [0.29, 0.717) is 6.79 Å². The molecular formula is C18H42O3Si2. The van der Waals surface area contributed by atoms with Gasteiger partial charge in [0.1, 0.15) is 6.79 Å². The van der Waals surface area contributed by atoms with Crippen LogP contribution in [0.2, 0.25) is 43.8 Å². The highest BCUT2D eigenvalue weighted by Crippen LogP contribution is 2.21. The second-order valence-corrected chi connectivity index (χ2v) is 18.1. The van der Waals surface area contributed by atoms with Gasteiger partial charge in [-0.05, 0) is 37.0 Å². The van der Waals surface area contributed by atoms with Crippen molar-refractivity contribution in [2.24, 2.45) is 0 Å². The Kier molecular flexibility index (Phi) is 13.8. The predicted molar refractivity (Wildman–Crippen MR) is 107 cm³/mol. The highest BCUT2D eigenvalue weighted by atomic mass is 28.4. The van der Waals surface area contributed by atoms with Crippen molar-refractivity contribution in [2.45, 2.75) is 90.3 Å². The zero-order chi connectivity index (χ0) is 17.6. The van der Waals surface area contributed by atoms with Gasteiger partial charge in [-0.15, -0.1) is 0 Å². The maximum Gasteiger partial charge on any atom is 0.191 e. The van der Waals surface area contributed by atoms with Gasteiger partial charge in [-0.25, -0.2) is 0 Å². The zero-order valence-corrected chi connectivity index (χ0v) is 18.7. The smallest absolute Gasteiger partial charge is 0.191 e. The molecule has 0 aliphatic rings. The zero-order valence-electron chi connectivity index (χ0n) is 16.7. The molecule has 0 bridgehead atoms. The third-order valence-electron chi connectivity index (χ3n) is 4.69. The highest BCUT2D eigenvalue weighted by Gasteiger charge is 2.27. The van der Waals surface area contributed by atoms with Gasteiger partial charge in [0.25, 0.3) is 0 Å². The molecule has 0 amide bonds. The van der Waals surface area contributed by atoms with Crippen LogP contribution in [0, 0.1) is 0 Å². The molecule has 3 nitrogen and oxygen atoms in total. The lowest BCUT2D eigenvalue weighted by Gasteiger charge is -2.27. The third kappa shape index (κ3) is 13.3. The van der Waals surface area contributed by atoms with Crippen LogP contribution in [0.15, 0.2) is 0 Å². The summed E-state index contributed by atoms with van der Waals surface area (Å²) in [6.45, 7) is 17.1. The Labute approximate surface area is 147 Å². The van der Waals surface area contributed by atoms with Crippen LogP contribution >= 0.6 is 0 Å². The van der Waals surface area contributed by atoms with E-state index in [1.165, 1.54) is 43.4 Å². The van der Waals surface area contributed by atoms with E-state index >= 15 is 0 Å². The van der Waals surface area contributed by atoms with Gasteiger partial charge in [-0.2, -0.15) is 0 Å². The van der Waals surface area contributed by atoms with Crippen LogP contribution in [0.25, 0.3) is 0 Å². The molecule has 0 aromatic rings. The van der Waals surface area contributed by atoms with Crippen molar-refractivity contribution >= 4 is 16.4 Å². The standard InChI is InChI=1S/C18H42O3Si2/c1-7-23(8-2,9-3)21-15-13-11-10-12-14-19-18-20-16-17-22(4,5)6/h7-18H2,1-6H3. The lowest BCUT2D eigenvalue weighted by Crippen LogP contribution is -2.36. The molecule has 0 saturated carbocycles. The quantitative estimate of drug-likeness (QED) is 0.194. The first kappa shape index (κ1) is 23.3. The van der Waals surface area contributed by atoms with Crippen LogP contribution in [0.3, 0.4) is 0 Å². The molecule has 0 saturated heterocycles. The first-order valence-corrected chi connectivity index (χ1v) is 15.9. The van der Waals surface area contributed by atoms with Crippen LogP contribution in [-0.4, -0.2) is 43.0 Å². The molecule has 0 aromatic heterocycles. The fourth-order valence-electron chi connectivity index (χ4n) is 2.56. The van der Waals surface area contributed by atoms with Crippen molar-refractivity contribution in [3.63, 3.8) is 0 Å². The Bertz CT molecular complexity index is 255. The van der Waals surface area contributed by atoms with Crippen LogP contribution in [-0.2, 0) is 13.9 Å². The van der Waals surface area contributed by atoms with Crippen molar-refractivity contribution in [2.75, 3.05) is 26.6 Å². The minimum Gasteiger partial charge on any atom is -0.417 e. The molecule has 5 heteroatoms. The summed E-state index contributed by atoms with van der Waals surface area (Å²) in [7, 11) is -2.33. The molecule has 23 heavy (non-hydrogen) atoms. The fraction of sp³-hybridized carbons (Fsp3) is 1.00. The van der Waals surface area contributed by atoms with E-state index < -0.39 is 16.4 Å². The summed E-state index contributed by atoms with van der Waals surface area (Å²) in [6.07, 6.45) is 4.81. The van der Waals surface area contributed by atoms with Crippen LogP contribution in [0.4, 0.5) is 0 Å². The third-order valence-corrected chi connectivity index (χ3v) is 11.1. The SMILES string of the molecule is CC[Si](CC)(CC)OCCCCCCOCOCC[Si](C)(C)C. The van der Waals surface area contributed by atoms with Crippen LogP contribution < -0.4 is 0 Å². The molecule has 0 rings (SSSR count). The van der Waals surface area contributed by atoms with Crippen molar-refractivity contribution in [3.8, 4) is 0 Å². The minimum atomic E-state index is -1.36. The van der Waals surface area contributed by atoms with Gasteiger partial charge < -0.3 is 13.9 Å². The summed E-state index contributed by atoms with van der Waals surface area (Å²) in [5, 5.41) is 0. The Morgan fingerprint density at radius 1 is 0.652 bits per heavy atom. The summed E-state index contributed by atoms with van der Waals surface area (Å²) >= 11 is 0. The number of hydrogen-bond donors (Lipinski definition) is 0. The van der Waals surface area contributed by atoms with E-state index in [4.69, 9.17) is 13.9 Å². The monoisotopic (exact) mass is 362 g/mol. The Balaban J connectivity index is 3.34. The molecule has 0 fully saturated rings. The first-order valence-electron chi connectivity index (χ1n) is 9.68. The van der Waals surface area contributed by atoms with Gasteiger partial charge in [0, 0.05) is 27.9 Å². The van der Waals surface area contributed by atoms with Gasteiger partial charge in [-0.1, -0.05) is 53.3 Å². The Morgan fingerprint density at radius 2 is 1.17 bits per heavy atom. The molecule has 0 aliphatic carbocycles. The minimum absolute atomic E-state index is 0.464. The molecule has 0 aliphatic heterocycles. The van der Waals surface area contributed by atoms with Gasteiger partial charge in [-0.3, -0.25) is 0 Å². The summed E-state index contributed by atoms with van der Waals surface area (Å²) < 4.78 is 17.3. The van der Waals surface area contributed by atoms with Crippen LogP contribution in [0.5, 0.6) is 0 Å². The average Bonchev–Trinajstić information content (AvgIpc) is 2.52. The van der Waals surface area contributed by atoms with E-state index in [1.807, 2.05) is 0 Å².